The maximum Gasteiger partial charge on any atom is 0.303 e. The van der Waals surface area contributed by atoms with Gasteiger partial charge >= 0.3 is 11.9 Å². The highest BCUT2D eigenvalue weighted by Gasteiger charge is 1.96. The van der Waals surface area contributed by atoms with Gasteiger partial charge in [0.1, 0.15) is 0 Å². The Morgan fingerprint density at radius 3 is 0.976 bits per heavy atom. The van der Waals surface area contributed by atoms with Crippen LogP contribution in [0.2, 0.25) is 0 Å². The second-order valence-electron chi connectivity index (χ2n) is 10.7. The van der Waals surface area contributed by atoms with E-state index in [0.717, 1.165) is 51.4 Å². The quantitative estimate of drug-likeness (QED) is 0.0632. The lowest BCUT2D eigenvalue weighted by atomic mass is 10.1. The summed E-state index contributed by atoms with van der Waals surface area (Å²) in [4.78, 5) is 20.6. The summed E-state index contributed by atoms with van der Waals surface area (Å²) in [5.74, 6) is -1.34. The predicted molar refractivity (Wildman–Crippen MR) is 179 cm³/mol. The van der Waals surface area contributed by atoms with E-state index in [1.165, 1.54) is 89.9 Å². The topological polar surface area (TPSA) is 110 Å². The number of aliphatic carboxylic acids is 2. The van der Waals surface area contributed by atoms with Gasteiger partial charge in [-0.15, -0.1) is 0 Å². The number of hydrogen-bond acceptors (Lipinski definition) is 3. The van der Waals surface area contributed by atoms with Gasteiger partial charge in [0.25, 0.3) is 0 Å². The van der Waals surface area contributed by atoms with Crippen LogP contribution in [-0.4, -0.2) is 22.2 Å². The largest absolute Gasteiger partial charge is 0.481 e. The lowest BCUT2D eigenvalue weighted by Gasteiger charge is -1.98. The number of carboxylic acid groups (broad SMARTS) is 2. The van der Waals surface area contributed by atoms with Gasteiger partial charge in [-0.3, -0.25) is 9.59 Å². The molecule has 0 atom stereocenters. The Labute approximate surface area is 254 Å². The number of allylic oxidation sites excluding steroid dienone is 8. The zero-order valence-electron chi connectivity index (χ0n) is 27.0. The first kappa shape index (κ1) is 43.3. The van der Waals surface area contributed by atoms with Crippen LogP contribution in [0.15, 0.2) is 48.6 Å². The summed E-state index contributed by atoms with van der Waals surface area (Å²) in [6.45, 7) is 4.47. The Balaban J connectivity index is -0.000000688. The fourth-order valence-electron chi connectivity index (χ4n) is 4.18. The maximum absolute atomic E-state index is 10.3. The monoisotopic (exact) mass is 578 g/mol. The second kappa shape index (κ2) is 40.0. The van der Waals surface area contributed by atoms with Crippen LogP contribution in [0.25, 0.3) is 0 Å². The van der Waals surface area contributed by atoms with Crippen molar-refractivity contribution in [1.29, 1.82) is 0 Å². The lowest BCUT2D eigenvalue weighted by molar-refractivity contribution is -0.138. The van der Waals surface area contributed by atoms with E-state index in [9.17, 15) is 9.59 Å². The normalized spacial score (nSPS) is 11.4. The molecule has 0 aliphatic rings. The van der Waals surface area contributed by atoms with E-state index in [2.05, 4.69) is 62.5 Å². The fraction of sp³-hybridized carbons (Fsp3) is 0.722. The molecule has 0 radical (unpaired) electrons. The van der Waals surface area contributed by atoms with E-state index in [0.29, 0.717) is 12.8 Å². The Kier molecular flexibility index (Phi) is 42.3. The third-order valence-electron chi connectivity index (χ3n) is 6.68. The minimum atomic E-state index is -0.671. The average Bonchev–Trinajstić information content (AvgIpc) is 2.93. The summed E-state index contributed by atoms with van der Waals surface area (Å²) >= 11 is 0. The molecule has 0 fully saturated rings. The number of carboxylic acids is 2. The Bertz CT molecular complexity index is 596. The van der Waals surface area contributed by atoms with Gasteiger partial charge in [-0.1, -0.05) is 127 Å². The molecule has 0 heterocycles. The van der Waals surface area contributed by atoms with Crippen LogP contribution in [0, 0.1) is 0 Å². The van der Waals surface area contributed by atoms with Crippen molar-refractivity contribution in [2.24, 2.45) is 0 Å². The third kappa shape index (κ3) is 48.0. The number of carbonyl (C=O) groups is 2. The van der Waals surface area contributed by atoms with E-state index in [-0.39, 0.29) is 6.15 Å². The smallest absolute Gasteiger partial charge is 0.303 e. The van der Waals surface area contributed by atoms with Gasteiger partial charge in [-0.25, -0.2) is 0 Å². The fourth-order valence-corrected chi connectivity index (χ4v) is 4.18. The number of rotatable bonds is 28. The molecule has 0 aliphatic heterocycles. The van der Waals surface area contributed by atoms with E-state index in [4.69, 9.17) is 10.2 Å². The molecule has 0 aromatic rings. The molecule has 0 aromatic heterocycles. The third-order valence-corrected chi connectivity index (χ3v) is 6.68. The molecule has 0 saturated heterocycles. The molecule has 0 bridgehead atoms. The molecule has 0 spiro atoms. The molecular formula is C36H67NO4. The molecule has 0 aliphatic carbocycles. The summed E-state index contributed by atoms with van der Waals surface area (Å²) in [5, 5.41) is 17.0. The van der Waals surface area contributed by atoms with Gasteiger partial charge in [0.2, 0.25) is 0 Å². The molecule has 41 heavy (non-hydrogen) atoms. The highest BCUT2D eigenvalue weighted by molar-refractivity contribution is 5.66. The lowest BCUT2D eigenvalue weighted by Crippen LogP contribution is -1.93. The van der Waals surface area contributed by atoms with Crippen molar-refractivity contribution in [2.45, 2.75) is 168 Å². The molecule has 240 valence electrons. The van der Waals surface area contributed by atoms with E-state index < -0.39 is 11.9 Å². The molecule has 0 aromatic carbocycles. The molecule has 0 rings (SSSR count). The summed E-state index contributed by atoms with van der Waals surface area (Å²) in [7, 11) is 0. The first-order valence-electron chi connectivity index (χ1n) is 16.6. The van der Waals surface area contributed by atoms with Gasteiger partial charge < -0.3 is 16.4 Å². The van der Waals surface area contributed by atoms with Crippen molar-refractivity contribution in [2.75, 3.05) is 0 Å². The summed E-state index contributed by atoms with van der Waals surface area (Å²) in [6.07, 6.45) is 44.6. The highest BCUT2D eigenvalue weighted by Crippen LogP contribution is 2.09. The van der Waals surface area contributed by atoms with Gasteiger partial charge in [-0.2, -0.15) is 0 Å². The Morgan fingerprint density at radius 1 is 0.415 bits per heavy atom. The van der Waals surface area contributed by atoms with Crippen LogP contribution in [0.4, 0.5) is 0 Å². The Morgan fingerprint density at radius 2 is 0.683 bits per heavy atom. The second-order valence-corrected chi connectivity index (χ2v) is 10.7. The molecule has 0 unspecified atom stereocenters. The minimum absolute atomic E-state index is 0. The van der Waals surface area contributed by atoms with Crippen LogP contribution in [0.1, 0.15) is 168 Å². The summed E-state index contributed by atoms with van der Waals surface area (Å²) < 4.78 is 0. The van der Waals surface area contributed by atoms with E-state index in [1.54, 1.807) is 0 Å². The van der Waals surface area contributed by atoms with E-state index in [1.807, 2.05) is 0 Å². The molecule has 5 N–H and O–H groups in total. The van der Waals surface area contributed by atoms with Crippen LogP contribution < -0.4 is 6.15 Å². The van der Waals surface area contributed by atoms with E-state index >= 15 is 0 Å². The highest BCUT2D eigenvalue weighted by atomic mass is 16.4. The van der Waals surface area contributed by atoms with Crippen molar-refractivity contribution in [3.63, 3.8) is 0 Å². The van der Waals surface area contributed by atoms with Gasteiger partial charge in [-0.05, 0) is 77.0 Å². The van der Waals surface area contributed by atoms with Crippen molar-refractivity contribution in [1.82, 2.24) is 6.15 Å². The van der Waals surface area contributed by atoms with Gasteiger partial charge in [0.05, 0.1) is 0 Å². The van der Waals surface area contributed by atoms with Crippen molar-refractivity contribution in [3.8, 4) is 0 Å². The first-order valence-corrected chi connectivity index (χ1v) is 16.6. The Hall–Kier alpha value is -2.14. The average molecular weight is 578 g/mol. The molecule has 0 saturated carbocycles. The van der Waals surface area contributed by atoms with Crippen LogP contribution in [-0.2, 0) is 9.59 Å². The van der Waals surface area contributed by atoms with Crippen molar-refractivity contribution in [3.05, 3.63) is 48.6 Å². The SMILES string of the molecule is CCCCC/C=C\C/C=C\CCCCCCCC(=O)O.CCCCC/C=C\C/C=C\CCCCCCCC(=O)O.N. The van der Waals surface area contributed by atoms with Crippen LogP contribution in [0.3, 0.4) is 0 Å². The molecular weight excluding hydrogens is 510 g/mol. The predicted octanol–water partition coefficient (Wildman–Crippen LogP) is 11.9. The molecule has 5 nitrogen and oxygen atoms in total. The standard InChI is InChI=1S/2C18H32O2.H3N/c2*1-2-3-4-5-6-7-8-9-10-11-12-13-14-15-16-17-18(19)20;/h2*6-7,9-10H,2-5,8,11-17H2,1H3,(H,19,20);1H3/b2*7-6-,10-9-;. The minimum Gasteiger partial charge on any atom is -0.481 e. The molecule has 0 amide bonds. The summed E-state index contributed by atoms with van der Waals surface area (Å²) in [6, 6.07) is 0. The van der Waals surface area contributed by atoms with Crippen LogP contribution in [0.5, 0.6) is 0 Å². The van der Waals surface area contributed by atoms with Gasteiger partial charge in [0, 0.05) is 12.8 Å². The van der Waals surface area contributed by atoms with Crippen molar-refractivity contribution < 1.29 is 19.8 Å². The summed E-state index contributed by atoms with van der Waals surface area (Å²) in [5.41, 5.74) is 0. The number of unbranched alkanes of at least 4 members (excludes halogenated alkanes) is 16. The molecule has 5 heteroatoms. The van der Waals surface area contributed by atoms with Gasteiger partial charge in [0.15, 0.2) is 0 Å². The first-order chi connectivity index (χ1) is 19.5. The zero-order valence-corrected chi connectivity index (χ0v) is 27.0. The number of hydrogen-bond donors (Lipinski definition) is 3. The maximum atomic E-state index is 10.3. The zero-order chi connectivity index (χ0) is 29.8. The van der Waals surface area contributed by atoms with Crippen LogP contribution >= 0.6 is 0 Å². The van der Waals surface area contributed by atoms with Crippen molar-refractivity contribution >= 4 is 11.9 Å².